The molecule has 116 valence electrons. The molecule has 0 bridgehead atoms. The number of hydrogen-bond acceptors (Lipinski definition) is 8. The van der Waals surface area contributed by atoms with Crippen LogP contribution < -0.4 is 14.8 Å². The third-order valence-corrected chi connectivity index (χ3v) is 3.60. The van der Waals surface area contributed by atoms with E-state index in [9.17, 15) is 13.2 Å². The predicted octanol–water partition coefficient (Wildman–Crippen LogP) is 0.132. The molecule has 0 saturated heterocycles. The first-order valence-electron chi connectivity index (χ1n) is 6.14. The predicted molar refractivity (Wildman–Crippen MR) is 71.1 cm³/mol. The average molecular weight is 325 g/mol. The van der Waals surface area contributed by atoms with Gasteiger partial charge in [0.2, 0.25) is 22.5 Å². The molecule has 0 unspecified atom stereocenters. The van der Waals surface area contributed by atoms with Crippen LogP contribution in [0.4, 0.5) is 0 Å². The standard InChI is InChI=1S/C12H11N3O6S/c1-22(17,18)12-15-14-10(21-12)5-13-11(16)7-2-3-8-9(4-7)20-6-19-8/h2-4H,5-6H2,1H3,(H,13,16). The summed E-state index contributed by atoms with van der Waals surface area (Å²) in [6.07, 6.45) is 0.954. The van der Waals surface area contributed by atoms with Gasteiger partial charge in [0.25, 0.3) is 5.91 Å². The van der Waals surface area contributed by atoms with Crippen LogP contribution in [0, 0.1) is 0 Å². The van der Waals surface area contributed by atoms with Crippen molar-refractivity contribution < 1.29 is 27.1 Å². The molecule has 10 heteroatoms. The molecule has 2 heterocycles. The van der Waals surface area contributed by atoms with E-state index in [-0.39, 0.29) is 19.2 Å². The number of ether oxygens (including phenoxy) is 2. The van der Waals surface area contributed by atoms with Crippen molar-refractivity contribution in [2.75, 3.05) is 13.0 Å². The van der Waals surface area contributed by atoms with Crippen molar-refractivity contribution in [3.05, 3.63) is 29.7 Å². The SMILES string of the molecule is CS(=O)(=O)c1nnc(CNC(=O)c2ccc3c(c2)OCO3)o1. The van der Waals surface area contributed by atoms with Crippen molar-refractivity contribution in [1.82, 2.24) is 15.5 Å². The lowest BCUT2D eigenvalue weighted by Crippen LogP contribution is -2.22. The molecule has 1 aliphatic heterocycles. The first-order chi connectivity index (χ1) is 10.4. The van der Waals surface area contributed by atoms with Crippen LogP contribution in [0.3, 0.4) is 0 Å². The Bertz CT molecular complexity index is 829. The van der Waals surface area contributed by atoms with Crippen LogP contribution in [0.15, 0.2) is 27.8 Å². The largest absolute Gasteiger partial charge is 0.454 e. The topological polar surface area (TPSA) is 121 Å². The lowest BCUT2D eigenvalue weighted by atomic mass is 10.2. The fraction of sp³-hybridized carbons (Fsp3) is 0.250. The van der Waals surface area contributed by atoms with Gasteiger partial charge in [0, 0.05) is 11.8 Å². The average Bonchev–Trinajstić information content (AvgIpc) is 3.12. The van der Waals surface area contributed by atoms with Crippen molar-refractivity contribution in [3.63, 3.8) is 0 Å². The highest BCUT2D eigenvalue weighted by molar-refractivity contribution is 7.90. The monoisotopic (exact) mass is 325 g/mol. The van der Waals surface area contributed by atoms with Crippen LogP contribution in [0.2, 0.25) is 0 Å². The minimum atomic E-state index is -3.56. The quantitative estimate of drug-likeness (QED) is 0.842. The molecule has 0 atom stereocenters. The summed E-state index contributed by atoms with van der Waals surface area (Å²) in [5.41, 5.74) is 0.368. The first kappa shape index (κ1) is 14.3. The number of nitrogens with one attached hydrogen (secondary N) is 1. The van der Waals surface area contributed by atoms with Crippen LogP contribution in [-0.2, 0) is 16.4 Å². The number of fused-ring (bicyclic) bond motifs is 1. The van der Waals surface area contributed by atoms with Gasteiger partial charge in [0.15, 0.2) is 11.5 Å². The Kier molecular flexibility index (Phi) is 3.45. The molecule has 2 aromatic rings. The van der Waals surface area contributed by atoms with Crippen molar-refractivity contribution in [1.29, 1.82) is 0 Å². The van der Waals surface area contributed by atoms with Crippen molar-refractivity contribution in [2.24, 2.45) is 0 Å². The number of carbonyl (C=O) groups excluding carboxylic acids is 1. The number of rotatable bonds is 4. The lowest BCUT2D eigenvalue weighted by Gasteiger charge is -2.03. The van der Waals surface area contributed by atoms with E-state index >= 15 is 0 Å². The van der Waals surface area contributed by atoms with Crippen molar-refractivity contribution in [2.45, 2.75) is 11.8 Å². The minimum Gasteiger partial charge on any atom is -0.454 e. The normalized spacial score (nSPS) is 13.1. The maximum absolute atomic E-state index is 12.0. The maximum atomic E-state index is 12.0. The summed E-state index contributed by atoms with van der Waals surface area (Å²) in [4.78, 5) is 12.0. The van der Waals surface area contributed by atoms with E-state index in [0.717, 1.165) is 6.26 Å². The van der Waals surface area contributed by atoms with Gasteiger partial charge in [-0.2, -0.15) is 0 Å². The summed E-state index contributed by atoms with van der Waals surface area (Å²) in [5.74, 6) is 0.669. The van der Waals surface area contributed by atoms with Gasteiger partial charge in [-0.1, -0.05) is 5.10 Å². The highest BCUT2D eigenvalue weighted by Gasteiger charge is 2.18. The molecule has 1 N–H and O–H groups in total. The fourth-order valence-electron chi connectivity index (χ4n) is 1.76. The van der Waals surface area contributed by atoms with E-state index < -0.39 is 21.0 Å². The molecule has 0 fully saturated rings. The van der Waals surface area contributed by atoms with Crippen molar-refractivity contribution >= 4 is 15.7 Å². The molecule has 1 aliphatic rings. The van der Waals surface area contributed by atoms with Gasteiger partial charge in [-0.3, -0.25) is 4.79 Å². The molecule has 0 radical (unpaired) electrons. The number of aromatic nitrogens is 2. The Morgan fingerprint density at radius 1 is 1.27 bits per heavy atom. The van der Waals surface area contributed by atoms with E-state index in [1.165, 1.54) is 0 Å². The van der Waals surface area contributed by atoms with E-state index in [0.29, 0.717) is 17.1 Å². The number of nitrogens with zero attached hydrogens (tertiary/aromatic N) is 2. The number of benzene rings is 1. The Balaban J connectivity index is 1.66. The minimum absolute atomic E-state index is 0.00508. The number of sulfone groups is 1. The number of carbonyl (C=O) groups is 1. The third kappa shape index (κ3) is 2.86. The zero-order chi connectivity index (χ0) is 15.7. The van der Waals surface area contributed by atoms with Crippen LogP contribution in [0.5, 0.6) is 11.5 Å². The zero-order valence-corrected chi connectivity index (χ0v) is 12.2. The van der Waals surface area contributed by atoms with E-state index in [1.54, 1.807) is 18.2 Å². The van der Waals surface area contributed by atoms with Crippen molar-refractivity contribution in [3.8, 4) is 11.5 Å². The lowest BCUT2D eigenvalue weighted by molar-refractivity contribution is 0.0946. The molecular weight excluding hydrogens is 314 g/mol. The van der Waals surface area contributed by atoms with Gasteiger partial charge in [-0.05, 0) is 18.2 Å². The van der Waals surface area contributed by atoms with Gasteiger partial charge < -0.3 is 19.2 Å². The summed E-state index contributed by atoms with van der Waals surface area (Å²) in [5, 5.41) is 9.00. The molecule has 1 aromatic heterocycles. The van der Waals surface area contributed by atoms with Crippen LogP contribution in [-0.4, -0.2) is 37.6 Å². The van der Waals surface area contributed by atoms with Crippen LogP contribution in [0.1, 0.15) is 16.2 Å². The van der Waals surface area contributed by atoms with Gasteiger partial charge in [0.05, 0.1) is 6.54 Å². The Morgan fingerprint density at radius 3 is 2.77 bits per heavy atom. The molecule has 3 rings (SSSR count). The summed E-state index contributed by atoms with van der Waals surface area (Å²) < 4.78 is 37.7. The molecule has 22 heavy (non-hydrogen) atoms. The van der Waals surface area contributed by atoms with Gasteiger partial charge in [-0.15, -0.1) is 5.10 Å². The molecule has 1 aromatic carbocycles. The number of amides is 1. The molecule has 0 spiro atoms. The Hall–Kier alpha value is -2.62. The highest BCUT2D eigenvalue weighted by atomic mass is 32.2. The fourth-order valence-corrected chi connectivity index (χ4v) is 2.19. The smallest absolute Gasteiger partial charge is 0.335 e. The van der Waals surface area contributed by atoms with Gasteiger partial charge >= 0.3 is 5.22 Å². The molecule has 1 amide bonds. The zero-order valence-electron chi connectivity index (χ0n) is 11.4. The second kappa shape index (κ2) is 5.30. The molecule has 9 nitrogen and oxygen atoms in total. The molecule has 0 saturated carbocycles. The van der Waals surface area contributed by atoms with E-state index in [2.05, 4.69) is 15.5 Å². The molecular formula is C12H11N3O6S. The highest BCUT2D eigenvalue weighted by Crippen LogP contribution is 2.32. The second-order valence-corrected chi connectivity index (χ2v) is 6.38. The van der Waals surface area contributed by atoms with E-state index in [1.807, 2.05) is 0 Å². The molecule has 0 aliphatic carbocycles. The van der Waals surface area contributed by atoms with Gasteiger partial charge in [-0.25, -0.2) is 8.42 Å². The summed E-state index contributed by atoms with van der Waals surface area (Å²) in [7, 11) is -3.56. The van der Waals surface area contributed by atoms with Crippen LogP contribution in [0.25, 0.3) is 0 Å². The third-order valence-electron chi connectivity index (χ3n) is 2.80. The second-order valence-electron chi connectivity index (χ2n) is 4.48. The maximum Gasteiger partial charge on any atom is 0.335 e. The Labute approximate surface area is 125 Å². The summed E-state index contributed by atoms with van der Waals surface area (Å²) in [6.45, 7) is 0.0342. The van der Waals surface area contributed by atoms with Gasteiger partial charge in [0.1, 0.15) is 0 Å². The first-order valence-corrected chi connectivity index (χ1v) is 8.03. The summed E-state index contributed by atoms with van der Waals surface area (Å²) >= 11 is 0. The summed E-state index contributed by atoms with van der Waals surface area (Å²) in [6, 6.07) is 4.76. The van der Waals surface area contributed by atoms with Crippen LogP contribution >= 0.6 is 0 Å². The van der Waals surface area contributed by atoms with E-state index in [4.69, 9.17) is 13.9 Å². The Morgan fingerprint density at radius 2 is 2.05 bits per heavy atom. The number of hydrogen-bond donors (Lipinski definition) is 1.